The molecule has 0 unspecified atom stereocenters. The Kier molecular flexibility index (Phi) is 6.23. The van der Waals surface area contributed by atoms with Crippen LogP contribution in [-0.4, -0.2) is 26.3 Å². The second-order valence-corrected chi connectivity index (χ2v) is 7.80. The summed E-state index contributed by atoms with van der Waals surface area (Å²) in [6.07, 6.45) is 0. The standard InChI is InChI=1S/C26H19F2N5O2/c27-21-9-7-17(23-10-11-24-25(30-23)32-33-31-24)12-20(21)26(34)29-19-8-6-18(22(28)13-19)15-35-14-16-4-2-1-3-5-16/h1-13H,14-15H2,(H,29,34)(H,30,31,32,33). The molecule has 0 atom stereocenters. The third-order valence-corrected chi connectivity index (χ3v) is 5.37. The number of carbonyl (C=O) groups excluding carboxylic acids is 1. The number of aromatic amines is 1. The van der Waals surface area contributed by atoms with Gasteiger partial charge in [0.25, 0.3) is 5.91 Å². The Balaban J connectivity index is 1.28. The van der Waals surface area contributed by atoms with Crippen LogP contribution in [0.15, 0.2) is 78.9 Å². The van der Waals surface area contributed by atoms with Crippen LogP contribution in [0.3, 0.4) is 0 Å². The lowest BCUT2D eigenvalue weighted by atomic mass is 10.1. The maximum absolute atomic E-state index is 14.6. The number of carbonyl (C=O) groups is 1. The summed E-state index contributed by atoms with van der Waals surface area (Å²) in [5.74, 6) is -1.95. The van der Waals surface area contributed by atoms with Crippen LogP contribution >= 0.6 is 0 Å². The molecule has 0 saturated heterocycles. The van der Waals surface area contributed by atoms with Crippen molar-refractivity contribution in [2.45, 2.75) is 13.2 Å². The average molecular weight is 471 g/mol. The van der Waals surface area contributed by atoms with E-state index in [0.717, 1.165) is 5.56 Å². The van der Waals surface area contributed by atoms with Gasteiger partial charge in [0.1, 0.15) is 17.2 Å². The van der Waals surface area contributed by atoms with Crippen LogP contribution in [0.4, 0.5) is 14.5 Å². The highest BCUT2D eigenvalue weighted by molar-refractivity contribution is 6.05. The Morgan fingerprint density at radius 2 is 1.74 bits per heavy atom. The minimum absolute atomic E-state index is 0.0779. The zero-order chi connectivity index (χ0) is 24.2. The number of nitrogens with zero attached hydrogens (tertiary/aromatic N) is 3. The van der Waals surface area contributed by atoms with E-state index in [0.29, 0.717) is 34.6 Å². The zero-order valence-corrected chi connectivity index (χ0v) is 18.3. The van der Waals surface area contributed by atoms with Gasteiger partial charge in [-0.1, -0.05) is 36.4 Å². The third-order valence-electron chi connectivity index (χ3n) is 5.37. The number of hydrogen-bond donors (Lipinski definition) is 2. The summed E-state index contributed by atoms with van der Waals surface area (Å²) in [5.41, 5.74) is 3.36. The summed E-state index contributed by atoms with van der Waals surface area (Å²) in [4.78, 5) is 17.1. The molecule has 0 saturated carbocycles. The third kappa shape index (κ3) is 5.04. The molecule has 0 spiro atoms. The van der Waals surface area contributed by atoms with Crippen molar-refractivity contribution in [2.24, 2.45) is 0 Å². The highest BCUT2D eigenvalue weighted by Crippen LogP contribution is 2.23. The molecule has 1 amide bonds. The number of amides is 1. The number of pyridine rings is 1. The number of nitrogens with one attached hydrogen (secondary N) is 2. The Morgan fingerprint density at radius 1 is 0.886 bits per heavy atom. The van der Waals surface area contributed by atoms with Crippen molar-refractivity contribution < 1.29 is 18.3 Å². The molecule has 0 aliphatic rings. The highest BCUT2D eigenvalue weighted by atomic mass is 19.1. The number of fused-ring (bicyclic) bond motifs is 1. The fraction of sp³-hybridized carbons (Fsp3) is 0.0769. The van der Waals surface area contributed by atoms with E-state index < -0.39 is 17.5 Å². The molecular weight excluding hydrogens is 452 g/mol. The SMILES string of the molecule is O=C(Nc1ccc(COCc2ccccc2)c(F)c1)c1cc(-c2ccc3n[nH]nc3n2)ccc1F. The number of benzene rings is 3. The molecule has 2 heterocycles. The summed E-state index contributed by atoms with van der Waals surface area (Å²) >= 11 is 0. The summed E-state index contributed by atoms with van der Waals surface area (Å²) in [7, 11) is 0. The van der Waals surface area contributed by atoms with Gasteiger partial charge in [0.15, 0.2) is 0 Å². The van der Waals surface area contributed by atoms with Gasteiger partial charge in [-0.3, -0.25) is 4.79 Å². The topological polar surface area (TPSA) is 92.8 Å². The van der Waals surface area contributed by atoms with Crippen LogP contribution in [0, 0.1) is 11.6 Å². The molecular formula is C26H19F2N5O2. The molecule has 0 fully saturated rings. The molecule has 7 nitrogen and oxygen atoms in total. The van der Waals surface area contributed by atoms with Crippen molar-refractivity contribution in [1.29, 1.82) is 0 Å². The van der Waals surface area contributed by atoms with Crippen LogP contribution in [0.2, 0.25) is 0 Å². The Morgan fingerprint density at radius 3 is 2.57 bits per heavy atom. The lowest BCUT2D eigenvalue weighted by molar-refractivity contribution is 0.102. The molecule has 174 valence electrons. The van der Waals surface area contributed by atoms with E-state index in [-0.39, 0.29) is 17.9 Å². The van der Waals surface area contributed by atoms with Crippen LogP contribution in [0.5, 0.6) is 0 Å². The van der Waals surface area contributed by atoms with Crippen molar-refractivity contribution >= 4 is 22.8 Å². The van der Waals surface area contributed by atoms with Gasteiger partial charge in [0.05, 0.1) is 24.5 Å². The van der Waals surface area contributed by atoms with E-state index in [2.05, 4.69) is 25.7 Å². The molecule has 0 bridgehead atoms. The fourth-order valence-corrected chi connectivity index (χ4v) is 3.55. The summed E-state index contributed by atoms with van der Waals surface area (Å²) in [5, 5.41) is 12.9. The first-order valence-corrected chi connectivity index (χ1v) is 10.8. The quantitative estimate of drug-likeness (QED) is 0.338. The minimum atomic E-state index is -0.709. The minimum Gasteiger partial charge on any atom is -0.372 e. The molecule has 0 radical (unpaired) electrons. The molecule has 5 aromatic rings. The van der Waals surface area contributed by atoms with E-state index in [1.54, 1.807) is 18.2 Å². The van der Waals surface area contributed by atoms with Crippen molar-refractivity contribution in [3.63, 3.8) is 0 Å². The number of aromatic nitrogens is 4. The van der Waals surface area contributed by atoms with Gasteiger partial charge >= 0.3 is 0 Å². The van der Waals surface area contributed by atoms with Crippen molar-refractivity contribution in [2.75, 3.05) is 5.32 Å². The van der Waals surface area contributed by atoms with Crippen LogP contribution in [0.25, 0.3) is 22.4 Å². The van der Waals surface area contributed by atoms with Crippen molar-refractivity contribution in [3.8, 4) is 11.3 Å². The summed E-state index contributed by atoms with van der Waals surface area (Å²) in [6, 6.07) is 21.3. The molecule has 9 heteroatoms. The normalized spacial score (nSPS) is 11.0. The molecule has 35 heavy (non-hydrogen) atoms. The summed E-state index contributed by atoms with van der Waals surface area (Å²) in [6.45, 7) is 0.432. The second kappa shape index (κ2) is 9.78. The summed E-state index contributed by atoms with van der Waals surface area (Å²) < 4.78 is 34.6. The smallest absolute Gasteiger partial charge is 0.258 e. The van der Waals surface area contributed by atoms with E-state index in [1.165, 1.54) is 30.3 Å². The number of anilines is 1. The van der Waals surface area contributed by atoms with Crippen molar-refractivity contribution in [1.82, 2.24) is 20.4 Å². The van der Waals surface area contributed by atoms with Crippen molar-refractivity contribution in [3.05, 3.63) is 107 Å². The molecule has 2 N–H and O–H groups in total. The molecule has 5 rings (SSSR count). The van der Waals surface area contributed by atoms with Gasteiger partial charge in [-0.25, -0.2) is 13.8 Å². The highest BCUT2D eigenvalue weighted by Gasteiger charge is 2.15. The average Bonchev–Trinajstić information content (AvgIpc) is 3.34. The van der Waals surface area contributed by atoms with Crippen LogP contribution < -0.4 is 5.32 Å². The predicted octanol–water partition coefficient (Wildman–Crippen LogP) is 5.27. The van der Waals surface area contributed by atoms with E-state index in [4.69, 9.17) is 4.74 Å². The Labute approximate surface area is 198 Å². The lowest BCUT2D eigenvalue weighted by Gasteiger charge is -2.10. The first kappa shape index (κ1) is 22.3. The Bertz CT molecular complexity index is 1500. The number of hydrogen-bond acceptors (Lipinski definition) is 5. The first-order valence-electron chi connectivity index (χ1n) is 10.8. The zero-order valence-electron chi connectivity index (χ0n) is 18.3. The number of ether oxygens (including phenoxy) is 1. The van der Waals surface area contributed by atoms with Crippen LogP contribution in [-0.2, 0) is 18.0 Å². The Hall–Kier alpha value is -4.50. The molecule has 2 aromatic heterocycles. The van der Waals surface area contributed by atoms with E-state index >= 15 is 0 Å². The van der Waals surface area contributed by atoms with Gasteiger partial charge in [0.2, 0.25) is 5.65 Å². The van der Waals surface area contributed by atoms with E-state index in [1.807, 2.05) is 30.3 Å². The number of rotatable bonds is 7. The van der Waals surface area contributed by atoms with Gasteiger partial charge in [-0.2, -0.15) is 10.3 Å². The first-order chi connectivity index (χ1) is 17.1. The van der Waals surface area contributed by atoms with Gasteiger partial charge < -0.3 is 10.1 Å². The molecule has 0 aliphatic carbocycles. The lowest BCUT2D eigenvalue weighted by Crippen LogP contribution is -2.14. The molecule has 0 aliphatic heterocycles. The monoisotopic (exact) mass is 471 g/mol. The van der Waals surface area contributed by atoms with Crippen LogP contribution in [0.1, 0.15) is 21.5 Å². The number of halogens is 2. The maximum Gasteiger partial charge on any atom is 0.258 e. The van der Waals surface area contributed by atoms with Gasteiger partial charge in [-0.15, -0.1) is 5.10 Å². The van der Waals surface area contributed by atoms with Gasteiger partial charge in [-0.05, 0) is 48.0 Å². The van der Waals surface area contributed by atoms with Gasteiger partial charge in [0, 0.05) is 16.8 Å². The maximum atomic E-state index is 14.6. The second-order valence-electron chi connectivity index (χ2n) is 7.80. The molecule has 3 aromatic carbocycles. The largest absolute Gasteiger partial charge is 0.372 e. The predicted molar refractivity (Wildman–Crippen MR) is 126 cm³/mol. The number of H-pyrrole nitrogens is 1. The fourth-order valence-electron chi connectivity index (χ4n) is 3.55. The van der Waals surface area contributed by atoms with E-state index in [9.17, 15) is 13.6 Å².